The number of pyridine rings is 1. The standard InChI is InChI=1S/C14H20F3N3O/c1-2-21-13-12(4-3-7-18-13)19-11-5-8-20(9-6-11)10-14(15,16)17/h3-4,7,11,19H,2,5-6,8-10H2,1H3. The monoisotopic (exact) mass is 303 g/mol. The number of hydrogen-bond acceptors (Lipinski definition) is 4. The predicted octanol–water partition coefficient (Wildman–Crippen LogP) is 2.92. The van der Waals surface area contributed by atoms with E-state index in [1.165, 1.54) is 4.90 Å². The molecule has 7 heteroatoms. The van der Waals surface area contributed by atoms with Gasteiger partial charge in [-0.05, 0) is 31.9 Å². The lowest BCUT2D eigenvalue weighted by atomic mass is 10.0. The first-order valence-electron chi connectivity index (χ1n) is 7.11. The first-order valence-corrected chi connectivity index (χ1v) is 7.11. The van der Waals surface area contributed by atoms with Crippen molar-refractivity contribution >= 4 is 5.69 Å². The van der Waals surface area contributed by atoms with Gasteiger partial charge in [0.2, 0.25) is 5.88 Å². The summed E-state index contributed by atoms with van der Waals surface area (Å²) in [6.07, 6.45) is -1.11. The summed E-state index contributed by atoms with van der Waals surface area (Å²) in [6.45, 7) is 2.48. The van der Waals surface area contributed by atoms with Gasteiger partial charge in [-0.1, -0.05) is 0 Å². The Bertz CT molecular complexity index is 445. The predicted molar refractivity (Wildman–Crippen MR) is 74.5 cm³/mol. The third kappa shape index (κ3) is 5.08. The Balaban J connectivity index is 1.86. The van der Waals surface area contributed by atoms with Crippen molar-refractivity contribution in [2.75, 3.05) is 31.6 Å². The van der Waals surface area contributed by atoms with E-state index in [2.05, 4.69) is 10.3 Å². The maximum Gasteiger partial charge on any atom is 0.401 e. The summed E-state index contributed by atoms with van der Waals surface area (Å²) >= 11 is 0. The van der Waals surface area contributed by atoms with Crippen LogP contribution in [-0.2, 0) is 0 Å². The number of nitrogens with zero attached hydrogens (tertiary/aromatic N) is 2. The minimum absolute atomic E-state index is 0.151. The molecule has 1 fully saturated rings. The van der Waals surface area contributed by atoms with E-state index < -0.39 is 12.7 Å². The van der Waals surface area contributed by atoms with E-state index in [0.29, 0.717) is 38.4 Å². The van der Waals surface area contributed by atoms with E-state index in [0.717, 1.165) is 5.69 Å². The van der Waals surface area contributed by atoms with E-state index in [1.54, 1.807) is 6.20 Å². The smallest absolute Gasteiger partial charge is 0.401 e. The molecule has 0 aliphatic carbocycles. The zero-order valence-corrected chi connectivity index (χ0v) is 12.0. The van der Waals surface area contributed by atoms with Gasteiger partial charge in [0, 0.05) is 25.3 Å². The lowest BCUT2D eigenvalue weighted by molar-refractivity contribution is -0.147. The summed E-state index contributed by atoms with van der Waals surface area (Å²) < 4.78 is 42.5. The van der Waals surface area contributed by atoms with E-state index in [9.17, 15) is 13.2 Å². The first-order chi connectivity index (χ1) is 9.98. The number of likely N-dealkylation sites (tertiary alicyclic amines) is 1. The Morgan fingerprint density at radius 2 is 2.10 bits per heavy atom. The molecule has 2 heterocycles. The molecule has 0 aromatic carbocycles. The van der Waals surface area contributed by atoms with Gasteiger partial charge in [-0.25, -0.2) is 4.98 Å². The highest BCUT2D eigenvalue weighted by Crippen LogP contribution is 2.25. The van der Waals surface area contributed by atoms with Crippen LogP contribution in [0.1, 0.15) is 19.8 Å². The Morgan fingerprint density at radius 3 is 2.71 bits per heavy atom. The molecule has 1 aromatic rings. The van der Waals surface area contributed by atoms with Crippen molar-refractivity contribution in [2.45, 2.75) is 32.0 Å². The molecule has 2 rings (SSSR count). The molecule has 21 heavy (non-hydrogen) atoms. The number of halogens is 3. The molecule has 0 spiro atoms. The summed E-state index contributed by atoms with van der Waals surface area (Å²) in [5, 5.41) is 3.32. The second kappa shape index (κ2) is 6.98. The maximum absolute atomic E-state index is 12.3. The van der Waals surface area contributed by atoms with Crippen LogP contribution in [0.3, 0.4) is 0 Å². The van der Waals surface area contributed by atoms with Gasteiger partial charge >= 0.3 is 6.18 Å². The fourth-order valence-electron chi connectivity index (χ4n) is 2.46. The summed E-state index contributed by atoms with van der Waals surface area (Å²) in [5.41, 5.74) is 0.800. The number of piperidine rings is 1. The third-order valence-corrected chi connectivity index (χ3v) is 3.40. The fraction of sp³-hybridized carbons (Fsp3) is 0.643. The molecule has 1 aliphatic heterocycles. The lowest BCUT2D eigenvalue weighted by Crippen LogP contribution is -2.43. The van der Waals surface area contributed by atoms with Crippen molar-refractivity contribution < 1.29 is 17.9 Å². The number of nitrogens with one attached hydrogen (secondary N) is 1. The van der Waals surface area contributed by atoms with Crippen LogP contribution in [0.25, 0.3) is 0 Å². The maximum atomic E-state index is 12.3. The highest BCUT2D eigenvalue weighted by atomic mass is 19.4. The Kier molecular flexibility index (Phi) is 5.27. The first kappa shape index (κ1) is 15.9. The van der Waals surface area contributed by atoms with E-state index in [-0.39, 0.29) is 6.04 Å². The Morgan fingerprint density at radius 1 is 1.38 bits per heavy atom. The summed E-state index contributed by atoms with van der Waals surface area (Å²) in [7, 11) is 0. The molecule has 118 valence electrons. The molecular weight excluding hydrogens is 283 g/mol. The molecule has 1 aliphatic rings. The van der Waals surface area contributed by atoms with Crippen molar-refractivity contribution in [3.8, 4) is 5.88 Å². The molecule has 0 atom stereocenters. The molecule has 0 bridgehead atoms. The highest BCUT2D eigenvalue weighted by molar-refractivity contribution is 5.52. The molecule has 1 N–H and O–H groups in total. The van der Waals surface area contributed by atoms with Crippen molar-refractivity contribution in [2.24, 2.45) is 0 Å². The van der Waals surface area contributed by atoms with Gasteiger partial charge in [-0.15, -0.1) is 0 Å². The van der Waals surface area contributed by atoms with Gasteiger partial charge < -0.3 is 10.1 Å². The van der Waals surface area contributed by atoms with Crippen molar-refractivity contribution in [3.63, 3.8) is 0 Å². The number of aromatic nitrogens is 1. The van der Waals surface area contributed by atoms with Crippen LogP contribution in [-0.4, -0.2) is 48.3 Å². The minimum atomic E-state index is -4.12. The van der Waals surface area contributed by atoms with Gasteiger partial charge in [0.15, 0.2) is 0 Å². The van der Waals surface area contributed by atoms with Crippen LogP contribution < -0.4 is 10.1 Å². The third-order valence-electron chi connectivity index (χ3n) is 3.40. The van der Waals surface area contributed by atoms with Crippen LogP contribution >= 0.6 is 0 Å². The zero-order valence-electron chi connectivity index (χ0n) is 12.0. The Labute approximate surface area is 122 Å². The number of hydrogen-bond donors (Lipinski definition) is 1. The van der Waals surface area contributed by atoms with Crippen molar-refractivity contribution in [1.82, 2.24) is 9.88 Å². The highest BCUT2D eigenvalue weighted by Gasteiger charge is 2.32. The van der Waals surface area contributed by atoms with Gasteiger partial charge in [-0.2, -0.15) is 13.2 Å². The topological polar surface area (TPSA) is 37.4 Å². The van der Waals surface area contributed by atoms with Crippen LogP contribution in [0.2, 0.25) is 0 Å². The van der Waals surface area contributed by atoms with Crippen molar-refractivity contribution in [1.29, 1.82) is 0 Å². The largest absolute Gasteiger partial charge is 0.476 e. The Hall–Kier alpha value is -1.50. The van der Waals surface area contributed by atoms with Gasteiger partial charge in [0.05, 0.1) is 18.8 Å². The number of alkyl halides is 3. The molecular formula is C14H20F3N3O. The number of ether oxygens (including phenoxy) is 1. The molecule has 0 saturated carbocycles. The van der Waals surface area contributed by atoms with Crippen LogP contribution in [0.15, 0.2) is 18.3 Å². The van der Waals surface area contributed by atoms with Gasteiger partial charge in [0.1, 0.15) is 0 Å². The zero-order chi connectivity index (χ0) is 15.3. The molecule has 1 aromatic heterocycles. The summed E-state index contributed by atoms with van der Waals surface area (Å²) in [5.74, 6) is 0.540. The van der Waals surface area contributed by atoms with E-state index in [4.69, 9.17) is 4.74 Å². The van der Waals surface area contributed by atoms with Crippen LogP contribution in [0, 0.1) is 0 Å². The number of anilines is 1. The summed E-state index contributed by atoms with van der Waals surface area (Å²) in [4.78, 5) is 5.60. The minimum Gasteiger partial charge on any atom is -0.476 e. The van der Waals surface area contributed by atoms with Gasteiger partial charge in [-0.3, -0.25) is 4.90 Å². The molecule has 0 unspecified atom stereocenters. The van der Waals surface area contributed by atoms with E-state index in [1.807, 2.05) is 19.1 Å². The SMILES string of the molecule is CCOc1ncccc1NC1CCN(CC(F)(F)F)CC1. The van der Waals surface area contributed by atoms with Crippen LogP contribution in [0.4, 0.5) is 18.9 Å². The number of rotatable bonds is 5. The molecule has 4 nitrogen and oxygen atoms in total. The summed E-state index contributed by atoms with van der Waals surface area (Å²) in [6, 6.07) is 3.84. The second-order valence-corrected chi connectivity index (χ2v) is 5.10. The second-order valence-electron chi connectivity index (χ2n) is 5.10. The molecule has 1 saturated heterocycles. The molecule has 0 radical (unpaired) electrons. The lowest BCUT2D eigenvalue weighted by Gasteiger charge is -2.33. The van der Waals surface area contributed by atoms with Crippen molar-refractivity contribution in [3.05, 3.63) is 18.3 Å². The average Bonchev–Trinajstić information content (AvgIpc) is 2.42. The van der Waals surface area contributed by atoms with E-state index >= 15 is 0 Å². The quantitative estimate of drug-likeness (QED) is 0.907. The fourth-order valence-corrected chi connectivity index (χ4v) is 2.46. The average molecular weight is 303 g/mol. The normalized spacial score (nSPS) is 17.7. The van der Waals surface area contributed by atoms with Gasteiger partial charge in [0.25, 0.3) is 0 Å². The van der Waals surface area contributed by atoms with Crippen LogP contribution in [0.5, 0.6) is 5.88 Å². The molecule has 0 amide bonds.